The van der Waals surface area contributed by atoms with Gasteiger partial charge in [0, 0.05) is 19.5 Å². The van der Waals surface area contributed by atoms with Crippen LogP contribution in [-0.2, 0) is 6.42 Å². The van der Waals surface area contributed by atoms with Crippen molar-refractivity contribution in [1.29, 1.82) is 0 Å². The molecule has 0 aliphatic carbocycles. The van der Waals surface area contributed by atoms with Gasteiger partial charge in [-0.3, -0.25) is 0 Å². The van der Waals surface area contributed by atoms with Crippen LogP contribution in [0.15, 0.2) is 6.07 Å². The van der Waals surface area contributed by atoms with Gasteiger partial charge in [0.1, 0.15) is 16.8 Å². The summed E-state index contributed by atoms with van der Waals surface area (Å²) in [6.45, 7) is 6.02. The van der Waals surface area contributed by atoms with Gasteiger partial charge in [0.05, 0.1) is 12.1 Å². The summed E-state index contributed by atoms with van der Waals surface area (Å²) in [4.78, 5) is 10.6. The monoisotopic (exact) mass is 257 g/mol. The second kappa shape index (κ2) is 5.65. The predicted molar refractivity (Wildman–Crippen MR) is 70.6 cm³/mol. The molecule has 0 aliphatic heterocycles. The number of halogens is 1. The summed E-state index contributed by atoms with van der Waals surface area (Å²) in [6.07, 6.45) is 1.79. The maximum absolute atomic E-state index is 9.35. The molecule has 1 aromatic heterocycles. The molecule has 96 valence electrons. The summed E-state index contributed by atoms with van der Waals surface area (Å²) >= 11 is 5.98. The smallest absolute Gasteiger partial charge is 0.134 e. The highest BCUT2D eigenvalue weighted by Crippen LogP contribution is 2.22. The Balaban J connectivity index is 3.05. The second-order valence-corrected chi connectivity index (χ2v) is 5.13. The van der Waals surface area contributed by atoms with Crippen molar-refractivity contribution in [2.75, 3.05) is 18.6 Å². The summed E-state index contributed by atoms with van der Waals surface area (Å²) in [7, 11) is 1.89. The third-order valence-electron chi connectivity index (χ3n) is 2.84. The molecule has 0 saturated heterocycles. The summed E-state index contributed by atoms with van der Waals surface area (Å²) in [5, 5.41) is 9.79. The van der Waals surface area contributed by atoms with E-state index in [1.165, 1.54) is 0 Å². The maximum atomic E-state index is 9.35. The average Bonchev–Trinajstić information content (AvgIpc) is 2.27. The molecule has 0 unspecified atom stereocenters. The van der Waals surface area contributed by atoms with E-state index in [4.69, 9.17) is 11.6 Å². The van der Waals surface area contributed by atoms with E-state index in [0.717, 1.165) is 24.5 Å². The third-order valence-corrected chi connectivity index (χ3v) is 3.03. The van der Waals surface area contributed by atoms with Gasteiger partial charge >= 0.3 is 0 Å². The number of anilines is 1. The van der Waals surface area contributed by atoms with Crippen molar-refractivity contribution >= 4 is 17.4 Å². The van der Waals surface area contributed by atoms with Gasteiger partial charge in [-0.1, -0.05) is 18.5 Å². The van der Waals surface area contributed by atoms with Crippen LogP contribution in [0.4, 0.5) is 5.82 Å². The van der Waals surface area contributed by atoms with Crippen molar-refractivity contribution < 1.29 is 5.11 Å². The van der Waals surface area contributed by atoms with Crippen molar-refractivity contribution in [2.24, 2.45) is 0 Å². The van der Waals surface area contributed by atoms with E-state index in [-0.39, 0.29) is 12.1 Å². The first-order chi connectivity index (χ1) is 7.90. The fourth-order valence-electron chi connectivity index (χ4n) is 1.37. The van der Waals surface area contributed by atoms with Crippen molar-refractivity contribution in [3.05, 3.63) is 17.0 Å². The zero-order valence-electron chi connectivity index (χ0n) is 10.9. The van der Waals surface area contributed by atoms with E-state index in [1.807, 2.05) is 25.8 Å². The minimum absolute atomic E-state index is 0.0498. The van der Waals surface area contributed by atoms with E-state index in [0.29, 0.717) is 5.15 Å². The number of rotatable bonds is 5. The molecule has 4 nitrogen and oxygen atoms in total. The minimum Gasteiger partial charge on any atom is -0.394 e. The van der Waals surface area contributed by atoms with Crippen LogP contribution in [0.5, 0.6) is 0 Å². The Labute approximate surface area is 108 Å². The molecule has 17 heavy (non-hydrogen) atoms. The molecule has 0 bridgehead atoms. The quantitative estimate of drug-likeness (QED) is 0.823. The van der Waals surface area contributed by atoms with Crippen LogP contribution in [-0.4, -0.2) is 34.3 Å². The first kappa shape index (κ1) is 14.2. The van der Waals surface area contributed by atoms with Gasteiger partial charge < -0.3 is 10.0 Å². The Kier molecular flexibility index (Phi) is 4.71. The Bertz CT molecular complexity index is 382. The summed E-state index contributed by atoms with van der Waals surface area (Å²) < 4.78 is 0. The Morgan fingerprint density at radius 2 is 2.06 bits per heavy atom. The molecule has 1 aromatic rings. The number of aromatic nitrogens is 2. The lowest BCUT2D eigenvalue weighted by atomic mass is 10.1. The number of hydrogen-bond acceptors (Lipinski definition) is 4. The van der Waals surface area contributed by atoms with E-state index in [1.54, 1.807) is 6.07 Å². The van der Waals surface area contributed by atoms with Gasteiger partial charge in [-0.2, -0.15) is 0 Å². The molecule has 0 radical (unpaired) electrons. The molecule has 0 atom stereocenters. The highest BCUT2D eigenvalue weighted by molar-refractivity contribution is 6.29. The molecule has 1 N–H and O–H groups in total. The third kappa shape index (κ3) is 3.54. The largest absolute Gasteiger partial charge is 0.394 e. The second-order valence-electron chi connectivity index (χ2n) is 4.74. The molecule has 0 amide bonds. The Hall–Kier alpha value is -0.870. The van der Waals surface area contributed by atoms with Crippen LogP contribution >= 0.6 is 11.6 Å². The summed E-state index contributed by atoms with van der Waals surface area (Å²) in [5.74, 6) is 1.49. The highest BCUT2D eigenvalue weighted by atomic mass is 35.5. The first-order valence-corrected chi connectivity index (χ1v) is 6.16. The molecular formula is C12H20ClN3O. The SMILES string of the molecule is CCCc1nc(Cl)cc(N(C)C(C)(C)CO)n1. The number of aliphatic hydroxyl groups is 1. The molecule has 0 spiro atoms. The number of likely N-dealkylation sites (N-methyl/N-ethyl adjacent to an activating group) is 1. The van der Waals surface area contributed by atoms with Crippen molar-refractivity contribution in [1.82, 2.24) is 9.97 Å². The van der Waals surface area contributed by atoms with Crippen LogP contribution in [0.3, 0.4) is 0 Å². The summed E-state index contributed by atoms with van der Waals surface area (Å²) in [5.41, 5.74) is -0.374. The molecule has 1 rings (SSSR count). The van der Waals surface area contributed by atoms with E-state index in [2.05, 4.69) is 16.9 Å². The van der Waals surface area contributed by atoms with Gasteiger partial charge in [-0.15, -0.1) is 0 Å². The topological polar surface area (TPSA) is 49.2 Å². The molecule has 5 heteroatoms. The van der Waals surface area contributed by atoms with E-state index >= 15 is 0 Å². The number of nitrogens with zero attached hydrogens (tertiary/aromatic N) is 3. The van der Waals surface area contributed by atoms with Crippen molar-refractivity contribution in [3.63, 3.8) is 0 Å². The molecule has 1 heterocycles. The van der Waals surface area contributed by atoms with Gasteiger partial charge in [-0.25, -0.2) is 9.97 Å². The Morgan fingerprint density at radius 1 is 1.41 bits per heavy atom. The first-order valence-electron chi connectivity index (χ1n) is 5.79. The molecule has 0 saturated carbocycles. The lowest BCUT2D eigenvalue weighted by molar-refractivity contribution is 0.215. The van der Waals surface area contributed by atoms with Gasteiger partial charge in [0.25, 0.3) is 0 Å². The highest BCUT2D eigenvalue weighted by Gasteiger charge is 2.24. The molecule has 0 fully saturated rings. The number of hydrogen-bond donors (Lipinski definition) is 1. The molecule has 0 aromatic carbocycles. The standard InChI is InChI=1S/C12H20ClN3O/c1-5-6-10-14-9(13)7-11(15-10)16(4)12(2,3)8-17/h7,17H,5-6,8H2,1-4H3. The zero-order chi connectivity index (χ0) is 13.1. The van der Waals surface area contributed by atoms with Gasteiger partial charge in [0.15, 0.2) is 0 Å². The van der Waals surface area contributed by atoms with E-state index in [9.17, 15) is 5.11 Å². The van der Waals surface area contributed by atoms with E-state index < -0.39 is 0 Å². The van der Waals surface area contributed by atoms with Crippen LogP contribution in [0.2, 0.25) is 5.15 Å². The molecular weight excluding hydrogens is 238 g/mol. The maximum Gasteiger partial charge on any atom is 0.134 e. The number of aliphatic hydroxyl groups excluding tert-OH is 1. The van der Waals surface area contributed by atoms with Crippen molar-refractivity contribution in [3.8, 4) is 0 Å². The van der Waals surface area contributed by atoms with Crippen molar-refractivity contribution in [2.45, 2.75) is 39.2 Å². The zero-order valence-corrected chi connectivity index (χ0v) is 11.6. The van der Waals surface area contributed by atoms with Gasteiger partial charge in [-0.05, 0) is 20.3 Å². The van der Waals surface area contributed by atoms with Gasteiger partial charge in [0.2, 0.25) is 0 Å². The van der Waals surface area contributed by atoms with Crippen LogP contribution in [0.1, 0.15) is 33.0 Å². The number of aryl methyl sites for hydroxylation is 1. The van der Waals surface area contributed by atoms with Crippen LogP contribution in [0.25, 0.3) is 0 Å². The lowest BCUT2D eigenvalue weighted by Gasteiger charge is -2.35. The minimum atomic E-state index is -0.374. The fourth-order valence-corrected chi connectivity index (χ4v) is 1.57. The van der Waals surface area contributed by atoms with Crippen LogP contribution < -0.4 is 4.90 Å². The summed E-state index contributed by atoms with van der Waals surface area (Å²) in [6, 6.07) is 1.72. The van der Waals surface area contributed by atoms with Crippen LogP contribution in [0, 0.1) is 0 Å². The Morgan fingerprint density at radius 3 is 2.59 bits per heavy atom. The fraction of sp³-hybridized carbons (Fsp3) is 0.667. The average molecular weight is 258 g/mol. The normalized spacial score (nSPS) is 11.6. The lowest BCUT2D eigenvalue weighted by Crippen LogP contribution is -2.45. The predicted octanol–water partition coefficient (Wildman–Crippen LogP) is 2.29. The molecule has 0 aliphatic rings.